The van der Waals surface area contributed by atoms with E-state index in [9.17, 15) is 4.79 Å². The molecule has 29 heavy (non-hydrogen) atoms. The summed E-state index contributed by atoms with van der Waals surface area (Å²) >= 11 is 0. The van der Waals surface area contributed by atoms with Gasteiger partial charge in [0.1, 0.15) is 17.7 Å². The molecule has 2 aromatic rings. The third kappa shape index (κ3) is 4.51. The van der Waals surface area contributed by atoms with Crippen molar-refractivity contribution in [2.45, 2.75) is 30.9 Å². The van der Waals surface area contributed by atoms with Crippen LogP contribution in [0.2, 0.25) is 0 Å². The first-order chi connectivity index (χ1) is 14.1. The molecule has 2 aliphatic heterocycles. The van der Waals surface area contributed by atoms with Crippen LogP contribution in [-0.2, 0) is 4.79 Å². The van der Waals surface area contributed by atoms with E-state index in [0.717, 1.165) is 13.0 Å². The molecular formula is C22H27N5O2. The third-order valence-corrected chi connectivity index (χ3v) is 5.59. The Morgan fingerprint density at radius 2 is 2.07 bits per heavy atom. The maximum atomic E-state index is 12.5. The van der Waals surface area contributed by atoms with Crippen LogP contribution in [0.25, 0.3) is 0 Å². The van der Waals surface area contributed by atoms with Gasteiger partial charge in [0.15, 0.2) is 0 Å². The highest BCUT2D eigenvalue weighted by atomic mass is 16.5. The van der Waals surface area contributed by atoms with E-state index in [0.29, 0.717) is 36.7 Å². The molecule has 0 radical (unpaired) electrons. The predicted octanol–water partition coefficient (Wildman–Crippen LogP) is 1.80. The van der Waals surface area contributed by atoms with Crippen molar-refractivity contribution >= 4 is 17.4 Å². The molecule has 0 spiro atoms. The number of carbonyl (C=O) groups excluding carboxylic acids is 1. The Morgan fingerprint density at radius 3 is 2.93 bits per heavy atom. The number of amides is 1. The Bertz CT molecular complexity index is 900. The van der Waals surface area contributed by atoms with Crippen LogP contribution in [0.3, 0.4) is 0 Å². The quantitative estimate of drug-likeness (QED) is 0.364. The fraction of sp³-hybridized carbons (Fsp3) is 0.364. The zero-order valence-corrected chi connectivity index (χ0v) is 16.3. The van der Waals surface area contributed by atoms with Crippen molar-refractivity contribution in [1.82, 2.24) is 10.6 Å². The lowest BCUT2D eigenvalue weighted by Gasteiger charge is -2.15. The van der Waals surface area contributed by atoms with E-state index in [1.807, 2.05) is 18.2 Å². The average Bonchev–Trinajstić information content (AvgIpc) is 3.35. The molecule has 7 heteroatoms. The third-order valence-electron chi connectivity index (χ3n) is 5.59. The van der Waals surface area contributed by atoms with Crippen LogP contribution in [-0.4, -0.2) is 43.5 Å². The van der Waals surface area contributed by atoms with E-state index in [-0.39, 0.29) is 23.9 Å². The fourth-order valence-corrected chi connectivity index (χ4v) is 4.03. The standard InChI is InChI=1S/C22H27N5O2/c23-21(24)14-4-3-5-16(10-14)29-17-11-20(27-13-17)22(28)25-9-8-15-12-26-19-7-2-1-6-18(15)19/h1-7,10,15,17,20,26-27H,8-9,11-13H2,(H3,23,24)(H,25,28)/t15?,17-,20+/m1/s1. The van der Waals surface area contributed by atoms with Gasteiger partial charge in [-0.05, 0) is 30.2 Å². The monoisotopic (exact) mass is 393 g/mol. The summed E-state index contributed by atoms with van der Waals surface area (Å²) in [5, 5.41) is 17.2. The van der Waals surface area contributed by atoms with Gasteiger partial charge in [-0.3, -0.25) is 10.2 Å². The molecule has 4 rings (SSSR count). The van der Waals surface area contributed by atoms with Crippen LogP contribution in [0, 0.1) is 5.41 Å². The first kappa shape index (κ1) is 19.3. The second-order valence-electron chi connectivity index (χ2n) is 7.62. The lowest BCUT2D eigenvalue weighted by molar-refractivity contribution is -0.122. The average molecular weight is 393 g/mol. The second kappa shape index (κ2) is 8.53. The van der Waals surface area contributed by atoms with Crippen molar-refractivity contribution in [3.63, 3.8) is 0 Å². The smallest absolute Gasteiger partial charge is 0.237 e. The summed E-state index contributed by atoms with van der Waals surface area (Å²) in [6.07, 6.45) is 1.45. The van der Waals surface area contributed by atoms with Crippen LogP contribution >= 0.6 is 0 Å². The van der Waals surface area contributed by atoms with Crippen molar-refractivity contribution in [3.8, 4) is 5.75 Å². The maximum absolute atomic E-state index is 12.5. The highest BCUT2D eigenvalue weighted by Crippen LogP contribution is 2.32. The van der Waals surface area contributed by atoms with Crippen molar-refractivity contribution in [2.75, 3.05) is 25.0 Å². The van der Waals surface area contributed by atoms with Gasteiger partial charge < -0.3 is 26.4 Å². The Morgan fingerprint density at radius 1 is 1.21 bits per heavy atom. The van der Waals surface area contributed by atoms with E-state index >= 15 is 0 Å². The highest BCUT2D eigenvalue weighted by Gasteiger charge is 2.31. The molecule has 1 amide bonds. The van der Waals surface area contributed by atoms with E-state index < -0.39 is 0 Å². The van der Waals surface area contributed by atoms with Crippen LogP contribution in [0.15, 0.2) is 48.5 Å². The molecule has 2 aromatic carbocycles. The number of carbonyl (C=O) groups is 1. The van der Waals surface area contributed by atoms with E-state index in [1.54, 1.807) is 12.1 Å². The lowest BCUT2D eigenvalue weighted by atomic mass is 9.98. The maximum Gasteiger partial charge on any atom is 0.237 e. The number of ether oxygens (including phenoxy) is 1. The number of anilines is 1. The number of fused-ring (bicyclic) bond motifs is 1. The number of hydrogen-bond acceptors (Lipinski definition) is 5. The zero-order chi connectivity index (χ0) is 20.2. The van der Waals surface area contributed by atoms with Crippen LogP contribution in [0.1, 0.15) is 29.9 Å². The molecule has 6 N–H and O–H groups in total. The number of nitrogens with two attached hydrogens (primary N) is 1. The summed E-state index contributed by atoms with van der Waals surface area (Å²) < 4.78 is 5.97. The van der Waals surface area contributed by atoms with Gasteiger partial charge in [0.05, 0.1) is 6.04 Å². The number of rotatable bonds is 7. The van der Waals surface area contributed by atoms with Gasteiger partial charge in [-0.15, -0.1) is 0 Å². The molecule has 7 nitrogen and oxygen atoms in total. The minimum absolute atomic E-state index is 0.0114. The normalized spacial score (nSPS) is 22.6. The van der Waals surface area contributed by atoms with Gasteiger partial charge in [0.25, 0.3) is 0 Å². The molecule has 1 fully saturated rings. The van der Waals surface area contributed by atoms with Crippen LogP contribution in [0.5, 0.6) is 5.75 Å². The lowest BCUT2D eigenvalue weighted by Crippen LogP contribution is -2.41. The number of nitrogen functional groups attached to an aromatic ring is 1. The van der Waals surface area contributed by atoms with Crippen molar-refractivity contribution in [3.05, 3.63) is 59.7 Å². The molecule has 1 unspecified atom stereocenters. The van der Waals surface area contributed by atoms with Gasteiger partial charge in [0, 0.05) is 43.2 Å². The molecule has 0 bridgehead atoms. The summed E-state index contributed by atoms with van der Waals surface area (Å²) in [6.45, 7) is 2.19. The molecular weight excluding hydrogens is 366 g/mol. The topological polar surface area (TPSA) is 112 Å². The molecule has 2 aliphatic rings. The van der Waals surface area contributed by atoms with E-state index in [2.05, 4.69) is 34.1 Å². The van der Waals surface area contributed by atoms with Gasteiger partial charge in [-0.1, -0.05) is 30.3 Å². The van der Waals surface area contributed by atoms with Crippen molar-refractivity contribution in [2.24, 2.45) is 5.73 Å². The number of hydrogen-bond donors (Lipinski definition) is 5. The van der Waals surface area contributed by atoms with E-state index in [1.165, 1.54) is 11.3 Å². The van der Waals surface area contributed by atoms with Gasteiger partial charge in [0.2, 0.25) is 5.91 Å². The molecule has 152 valence electrons. The van der Waals surface area contributed by atoms with Gasteiger partial charge in [-0.2, -0.15) is 0 Å². The van der Waals surface area contributed by atoms with Crippen molar-refractivity contribution < 1.29 is 9.53 Å². The minimum Gasteiger partial charge on any atom is -0.489 e. The molecule has 1 saturated heterocycles. The molecule has 0 aliphatic carbocycles. The van der Waals surface area contributed by atoms with Crippen LogP contribution in [0.4, 0.5) is 5.69 Å². The zero-order valence-electron chi connectivity index (χ0n) is 16.3. The predicted molar refractivity (Wildman–Crippen MR) is 114 cm³/mol. The molecule has 2 heterocycles. The first-order valence-electron chi connectivity index (χ1n) is 10.0. The SMILES string of the molecule is N=C(N)c1cccc(O[C@H]2CN[C@H](C(=O)NCCC3CNc4ccccc43)C2)c1. The fourth-order valence-electron chi connectivity index (χ4n) is 4.03. The summed E-state index contributed by atoms with van der Waals surface area (Å²) in [5.74, 6) is 1.13. The summed E-state index contributed by atoms with van der Waals surface area (Å²) in [7, 11) is 0. The molecule has 0 saturated carbocycles. The minimum atomic E-state index is -0.245. The number of para-hydroxylation sites is 1. The largest absolute Gasteiger partial charge is 0.489 e. The molecule has 0 aromatic heterocycles. The summed E-state index contributed by atoms with van der Waals surface area (Å²) in [6, 6.07) is 15.3. The van der Waals surface area contributed by atoms with Crippen molar-refractivity contribution in [1.29, 1.82) is 5.41 Å². The summed E-state index contributed by atoms with van der Waals surface area (Å²) in [5.41, 5.74) is 8.70. The Kier molecular flexibility index (Phi) is 5.67. The summed E-state index contributed by atoms with van der Waals surface area (Å²) in [4.78, 5) is 12.5. The second-order valence-corrected chi connectivity index (χ2v) is 7.62. The van der Waals surface area contributed by atoms with Crippen LogP contribution < -0.4 is 26.4 Å². The highest BCUT2D eigenvalue weighted by molar-refractivity contribution is 5.95. The van der Waals surface area contributed by atoms with Gasteiger partial charge in [-0.25, -0.2) is 0 Å². The van der Waals surface area contributed by atoms with Gasteiger partial charge >= 0.3 is 0 Å². The Labute approximate surface area is 170 Å². The Balaban J connectivity index is 1.23. The number of amidine groups is 1. The number of nitrogens with one attached hydrogen (secondary N) is 4. The number of benzene rings is 2. The van der Waals surface area contributed by atoms with E-state index in [4.69, 9.17) is 15.9 Å². The first-order valence-corrected chi connectivity index (χ1v) is 10.0. The molecule has 3 atom stereocenters. The Hall–Kier alpha value is -3.06.